The fourth-order valence-electron chi connectivity index (χ4n) is 2.16. The van der Waals surface area contributed by atoms with Gasteiger partial charge in [-0.25, -0.2) is 0 Å². The third-order valence-electron chi connectivity index (χ3n) is 3.22. The molecule has 1 nitrogen and oxygen atoms in total. The maximum atomic E-state index is 3.50. The normalized spacial score (nSPS) is 16.3. The average Bonchev–Trinajstić information content (AvgIpc) is 2.23. The van der Waals surface area contributed by atoms with Gasteiger partial charge in [0.05, 0.1) is 0 Å². The van der Waals surface area contributed by atoms with Gasteiger partial charge in [-0.15, -0.1) is 0 Å². The number of fused-ring (bicyclic) bond motifs is 1. The lowest BCUT2D eigenvalue weighted by Crippen LogP contribution is -2.36. The summed E-state index contributed by atoms with van der Waals surface area (Å²) in [7, 11) is 0. The van der Waals surface area contributed by atoms with E-state index in [1.54, 1.807) is 0 Å². The predicted octanol–water partition coefficient (Wildman–Crippen LogP) is 3.81. The topological polar surface area (TPSA) is 3.24 Å². The van der Waals surface area contributed by atoms with Crippen molar-refractivity contribution < 1.29 is 0 Å². The summed E-state index contributed by atoms with van der Waals surface area (Å²) in [6.45, 7) is 3.63. The molecule has 0 radical (unpaired) electrons. The van der Waals surface area contributed by atoms with E-state index < -0.39 is 0 Å². The minimum Gasteiger partial charge on any atom is -0.299 e. The van der Waals surface area contributed by atoms with Gasteiger partial charge in [0.15, 0.2) is 0 Å². The molecule has 1 heterocycles. The molecule has 0 bridgehead atoms. The number of hydrogen-bond donors (Lipinski definition) is 0. The van der Waals surface area contributed by atoms with Crippen molar-refractivity contribution in [3.8, 4) is 0 Å². The highest BCUT2D eigenvalue weighted by atomic mass is 79.9. The largest absolute Gasteiger partial charge is 0.299 e. The van der Waals surface area contributed by atoms with Crippen LogP contribution in [0.25, 0.3) is 10.8 Å². The fraction of sp³-hybridized carbons (Fsp3) is 0.286. The van der Waals surface area contributed by atoms with Crippen LogP contribution in [0.3, 0.4) is 0 Å². The maximum absolute atomic E-state index is 3.50. The number of halogens is 1. The molecule has 3 rings (SSSR count). The summed E-state index contributed by atoms with van der Waals surface area (Å²) in [4.78, 5) is 2.49. The van der Waals surface area contributed by atoms with E-state index in [2.05, 4.69) is 57.2 Å². The van der Waals surface area contributed by atoms with E-state index in [0.29, 0.717) is 0 Å². The minimum atomic E-state index is 1.10. The van der Waals surface area contributed by atoms with Crippen LogP contribution in [0.2, 0.25) is 0 Å². The van der Waals surface area contributed by atoms with E-state index in [1.165, 1.54) is 35.8 Å². The molecule has 0 aromatic heterocycles. The second-order valence-electron chi connectivity index (χ2n) is 4.46. The Balaban J connectivity index is 1.92. The third-order valence-corrected chi connectivity index (χ3v) is 3.71. The van der Waals surface area contributed by atoms with Gasteiger partial charge in [-0.3, -0.25) is 4.90 Å². The summed E-state index contributed by atoms with van der Waals surface area (Å²) in [5.41, 5.74) is 1.43. The van der Waals surface area contributed by atoms with Crippen LogP contribution in [-0.4, -0.2) is 18.0 Å². The van der Waals surface area contributed by atoms with Crippen LogP contribution in [0.1, 0.15) is 12.0 Å². The van der Waals surface area contributed by atoms with E-state index in [-0.39, 0.29) is 0 Å². The first-order valence-corrected chi connectivity index (χ1v) is 6.51. The molecule has 0 atom stereocenters. The van der Waals surface area contributed by atoms with Crippen molar-refractivity contribution in [1.82, 2.24) is 4.90 Å². The lowest BCUT2D eigenvalue weighted by atomic mass is 10.1. The molecule has 1 aliphatic rings. The fourth-order valence-corrected chi connectivity index (χ4v) is 2.54. The Morgan fingerprint density at radius 3 is 2.50 bits per heavy atom. The Labute approximate surface area is 104 Å². The molecule has 0 N–H and O–H groups in total. The number of nitrogens with zero attached hydrogens (tertiary/aromatic N) is 1. The number of rotatable bonds is 2. The van der Waals surface area contributed by atoms with Gasteiger partial charge >= 0.3 is 0 Å². The molecule has 1 fully saturated rings. The number of likely N-dealkylation sites (tertiary alicyclic amines) is 1. The lowest BCUT2D eigenvalue weighted by Gasteiger charge is -2.30. The van der Waals surface area contributed by atoms with E-state index in [4.69, 9.17) is 0 Å². The monoisotopic (exact) mass is 275 g/mol. The van der Waals surface area contributed by atoms with Crippen LogP contribution in [-0.2, 0) is 6.54 Å². The smallest absolute Gasteiger partial charge is 0.0233 e. The van der Waals surface area contributed by atoms with Crippen molar-refractivity contribution >= 4 is 26.7 Å². The molecule has 0 saturated carbocycles. The molecule has 1 saturated heterocycles. The highest BCUT2D eigenvalue weighted by molar-refractivity contribution is 9.10. The third kappa shape index (κ3) is 2.00. The molecule has 82 valence electrons. The zero-order valence-electron chi connectivity index (χ0n) is 9.12. The van der Waals surface area contributed by atoms with Crippen LogP contribution >= 0.6 is 15.9 Å². The predicted molar refractivity (Wildman–Crippen MR) is 71.5 cm³/mol. The summed E-state index contributed by atoms with van der Waals surface area (Å²) in [5, 5.41) is 2.64. The highest BCUT2D eigenvalue weighted by Gasteiger charge is 2.13. The summed E-state index contributed by atoms with van der Waals surface area (Å²) in [6, 6.07) is 13.2. The average molecular weight is 276 g/mol. The summed E-state index contributed by atoms with van der Waals surface area (Å²) in [5.74, 6) is 0. The van der Waals surface area contributed by atoms with Gasteiger partial charge in [0.2, 0.25) is 0 Å². The Hall–Kier alpha value is -0.860. The van der Waals surface area contributed by atoms with Crippen LogP contribution in [0.5, 0.6) is 0 Å². The molecule has 2 heteroatoms. The zero-order chi connectivity index (χ0) is 11.0. The lowest BCUT2D eigenvalue weighted by molar-refractivity contribution is 0.172. The number of hydrogen-bond acceptors (Lipinski definition) is 1. The first kappa shape index (κ1) is 10.3. The van der Waals surface area contributed by atoms with E-state index >= 15 is 0 Å². The standard InChI is InChI=1S/C14H14BrN/c15-14-5-4-12-8-11(2-3-13(12)9-14)10-16-6-1-7-16/h2-5,8-9H,1,6-7,10H2. The Morgan fingerprint density at radius 2 is 1.75 bits per heavy atom. The van der Waals surface area contributed by atoms with Gasteiger partial charge < -0.3 is 0 Å². The first-order chi connectivity index (χ1) is 7.81. The first-order valence-electron chi connectivity index (χ1n) is 5.72. The van der Waals surface area contributed by atoms with Crippen LogP contribution in [0, 0.1) is 0 Å². The van der Waals surface area contributed by atoms with Crippen LogP contribution in [0.4, 0.5) is 0 Å². The molecular formula is C14H14BrN. The van der Waals surface area contributed by atoms with Crippen molar-refractivity contribution in [3.05, 3.63) is 46.4 Å². The Morgan fingerprint density at radius 1 is 1.00 bits per heavy atom. The Bertz CT molecular complexity index is 517. The van der Waals surface area contributed by atoms with E-state index in [9.17, 15) is 0 Å². The zero-order valence-corrected chi connectivity index (χ0v) is 10.7. The highest BCUT2D eigenvalue weighted by Crippen LogP contribution is 2.22. The second kappa shape index (κ2) is 4.19. The summed E-state index contributed by atoms with van der Waals surface area (Å²) >= 11 is 3.50. The molecular weight excluding hydrogens is 262 g/mol. The Kier molecular flexibility index (Phi) is 2.70. The van der Waals surface area contributed by atoms with Crippen LogP contribution < -0.4 is 0 Å². The minimum absolute atomic E-state index is 1.10. The SMILES string of the molecule is Brc1ccc2cc(CN3CCC3)ccc2c1. The molecule has 0 unspecified atom stereocenters. The van der Waals surface area contributed by atoms with Gasteiger partial charge in [0, 0.05) is 11.0 Å². The van der Waals surface area contributed by atoms with Crippen LogP contribution in [0.15, 0.2) is 40.9 Å². The molecule has 0 aliphatic carbocycles. The van der Waals surface area contributed by atoms with Gasteiger partial charge in [-0.1, -0.05) is 34.1 Å². The van der Waals surface area contributed by atoms with Gasteiger partial charge in [-0.05, 0) is 54.0 Å². The summed E-state index contributed by atoms with van der Waals surface area (Å²) in [6.07, 6.45) is 1.36. The maximum Gasteiger partial charge on any atom is 0.0233 e. The van der Waals surface area contributed by atoms with Gasteiger partial charge in [0.25, 0.3) is 0 Å². The molecule has 2 aromatic carbocycles. The molecule has 16 heavy (non-hydrogen) atoms. The number of benzene rings is 2. The van der Waals surface area contributed by atoms with Gasteiger partial charge in [0.1, 0.15) is 0 Å². The van der Waals surface area contributed by atoms with E-state index in [0.717, 1.165) is 11.0 Å². The van der Waals surface area contributed by atoms with E-state index in [1.807, 2.05) is 0 Å². The van der Waals surface area contributed by atoms with Crippen molar-refractivity contribution in [1.29, 1.82) is 0 Å². The molecule has 1 aliphatic heterocycles. The van der Waals surface area contributed by atoms with Gasteiger partial charge in [-0.2, -0.15) is 0 Å². The quantitative estimate of drug-likeness (QED) is 0.806. The molecule has 0 spiro atoms. The van der Waals surface area contributed by atoms with Crippen molar-refractivity contribution in [2.24, 2.45) is 0 Å². The molecule has 0 amide bonds. The molecule has 2 aromatic rings. The second-order valence-corrected chi connectivity index (χ2v) is 5.37. The summed E-state index contributed by atoms with van der Waals surface area (Å²) < 4.78 is 1.15. The van der Waals surface area contributed by atoms with Crippen molar-refractivity contribution in [3.63, 3.8) is 0 Å². The van der Waals surface area contributed by atoms with Crippen molar-refractivity contribution in [2.75, 3.05) is 13.1 Å². The van der Waals surface area contributed by atoms with Crippen molar-refractivity contribution in [2.45, 2.75) is 13.0 Å².